The van der Waals surface area contributed by atoms with E-state index in [1.54, 1.807) is 18.7 Å². The zero-order valence-electron chi connectivity index (χ0n) is 13.9. The standard InChI is InChI=1S/C19H20N4O2/c24-19(22-16-5-9-25-10-6-16)12-23-13-21-17-11-15(1-2-18(17)23)14-3-7-20-8-4-14/h1-4,7-8,11,13,16H,5-6,9-10,12H2,(H,22,24). The van der Waals surface area contributed by atoms with Crippen LogP contribution in [0.2, 0.25) is 0 Å². The summed E-state index contributed by atoms with van der Waals surface area (Å²) in [5.41, 5.74) is 4.03. The van der Waals surface area contributed by atoms with Gasteiger partial charge in [0, 0.05) is 31.6 Å². The van der Waals surface area contributed by atoms with Crippen molar-refractivity contribution in [3.8, 4) is 11.1 Å². The Hall–Kier alpha value is -2.73. The van der Waals surface area contributed by atoms with E-state index in [4.69, 9.17) is 4.74 Å². The number of carbonyl (C=O) groups excluding carboxylic acids is 1. The van der Waals surface area contributed by atoms with Gasteiger partial charge in [0.1, 0.15) is 6.54 Å². The van der Waals surface area contributed by atoms with Gasteiger partial charge in [-0.15, -0.1) is 0 Å². The first-order valence-corrected chi connectivity index (χ1v) is 8.52. The minimum absolute atomic E-state index is 0.0180. The highest BCUT2D eigenvalue weighted by Crippen LogP contribution is 2.23. The Morgan fingerprint density at radius 2 is 1.96 bits per heavy atom. The molecule has 0 bridgehead atoms. The van der Waals surface area contributed by atoms with Gasteiger partial charge < -0.3 is 14.6 Å². The van der Waals surface area contributed by atoms with Crippen LogP contribution in [-0.2, 0) is 16.1 Å². The molecule has 0 unspecified atom stereocenters. The maximum Gasteiger partial charge on any atom is 0.240 e. The van der Waals surface area contributed by atoms with E-state index < -0.39 is 0 Å². The van der Waals surface area contributed by atoms with Crippen molar-refractivity contribution in [3.05, 3.63) is 49.1 Å². The maximum atomic E-state index is 12.3. The van der Waals surface area contributed by atoms with Gasteiger partial charge in [0.2, 0.25) is 5.91 Å². The topological polar surface area (TPSA) is 69.0 Å². The summed E-state index contributed by atoms with van der Waals surface area (Å²) >= 11 is 0. The van der Waals surface area contributed by atoms with Crippen LogP contribution in [-0.4, -0.2) is 39.7 Å². The van der Waals surface area contributed by atoms with E-state index >= 15 is 0 Å². The number of hydrogen-bond donors (Lipinski definition) is 1. The van der Waals surface area contributed by atoms with Gasteiger partial charge in [-0.25, -0.2) is 4.98 Å². The molecule has 1 saturated heterocycles. The number of pyridine rings is 1. The molecule has 1 aliphatic rings. The highest BCUT2D eigenvalue weighted by molar-refractivity contribution is 5.84. The van der Waals surface area contributed by atoms with Gasteiger partial charge in [0.15, 0.2) is 0 Å². The van der Waals surface area contributed by atoms with E-state index in [9.17, 15) is 4.79 Å². The minimum atomic E-state index is 0.0180. The van der Waals surface area contributed by atoms with Gasteiger partial charge in [-0.1, -0.05) is 6.07 Å². The Morgan fingerprint density at radius 3 is 2.76 bits per heavy atom. The maximum absolute atomic E-state index is 12.3. The van der Waals surface area contributed by atoms with Gasteiger partial charge >= 0.3 is 0 Å². The number of fused-ring (bicyclic) bond motifs is 1. The smallest absolute Gasteiger partial charge is 0.240 e. The minimum Gasteiger partial charge on any atom is -0.381 e. The molecular weight excluding hydrogens is 316 g/mol. The first-order valence-electron chi connectivity index (χ1n) is 8.52. The van der Waals surface area contributed by atoms with Crippen molar-refractivity contribution in [2.45, 2.75) is 25.4 Å². The normalized spacial score (nSPS) is 15.4. The Morgan fingerprint density at radius 1 is 1.16 bits per heavy atom. The van der Waals surface area contributed by atoms with Gasteiger partial charge in [-0.3, -0.25) is 9.78 Å². The number of aromatic nitrogens is 3. The monoisotopic (exact) mass is 336 g/mol. The molecule has 1 fully saturated rings. The molecule has 4 rings (SSSR count). The Bertz CT molecular complexity index is 870. The van der Waals surface area contributed by atoms with Crippen molar-refractivity contribution < 1.29 is 9.53 Å². The summed E-state index contributed by atoms with van der Waals surface area (Å²) in [6.45, 7) is 1.72. The summed E-state index contributed by atoms with van der Waals surface area (Å²) in [7, 11) is 0. The zero-order valence-corrected chi connectivity index (χ0v) is 13.9. The van der Waals surface area contributed by atoms with E-state index in [0.29, 0.717) is 0 Å². The van der Waals surface area contributed by atoms with E-state index in [-0.39, 0.29) is 18.5 Å². The van der Waals surface area contributed by atoms with Crippen LogP contribution in [0.25, 0.3) is 22.2 Å². The summed E-state index contributed by atoms with van der Waals surface area (Å²) in [4.78, 5) is 20.8. The molecular formula is C19H20N4O2. The van der Waals surface area contributed by atoms with Crippen molar-refractivity contribution >= 4 is 16.9 Å². The van der Waals surface area contributed by atoms with Crippen molar-refractivity contribution in [1.82, 2.24) is 19.9 Å². The molecule has 6 heteroatoms. The molecule has 0 saturated carbocycles. The molecule has 6 nitrogen and oxygen atoms in total. The predicted molar refractivity (Wildman–Crippen MR) is 94.9 cm³/mol. The quantitative estimate of drug-likeness (QED) is 0.794. The first-order chi connectivity index (χ1) is 12.3. The number of benzene rings is 1. The SMILES string of the molecule is O=C(Cn1cnc2cc(-c3ccncc3)ccc21)NC1CCOCC1. The molecule has 128 valence electrons. The van der Waals surface area contributed by atoms with Crippen LogP contribution < -0.4 is 5.32 Å². The molecule has 25 heavy (non-hydrogen) atoms. The molecule has 3 heterocycles. The second-order valence-electron chi connectivity index (χ2n) is 6.27. The molecule has 0 aliphatic carbocycles. The lowest BCUT2D eigenvalue weighted by molar-refractivity contribution is -0.122. The second-order valence-corrected chi connectivity index (χ2v) is 6.27. The Kier molecular flexibility index (Phi) is 4.43. The van der Waals surface area contributed by atoms with Crippen molar-refractivity contribution in [2.75, 3.05) is 13.2 Å². The third-order valence-corrected chi connectivity index (χ3v) is 4.54. The van der Waals surface area contributed by atoms with Gasteiger partial charge in [-0.05, 0) is 48.2 Å². The number of carbonyl (C=O) groups is 1. The third kappa shape index (κ3) is 3.53. The molecule has 1 aliphatic heterocycles. The first kappa shape index (κ1) is 15.8. The fourth-order valence-corrected chi connectivity index (χ4v) is 3.18. The molecule has 0 atom stereocenters. The Labute approximate surface area is 145 Å². The fraction of sp³-hybridized carbons (Fsp3) is 0.316. The van der Waals surface area contributed by atoms with E-state index in [1.807, 2.05) is 34.9 Å². The highest BCUT2D eigenvalue weighted by atomic mass is 16.5. The van der Waals surface area contributed by atoms with Crippen molar-refractivity contribution in [3.63, 3.8) is 0 Å². The van der Waals surface area contributed by atoms with Crippen LogP contribution in [0.4, 0.5) is 0 Å². The van der Waals surface area contributed by atoms with Crippen LogP contribution in [0.1, 0.15) is 12.8 Å². The summed E-state index contributed by atoms with van der Waals surface area (Å²) in [6.07, 6.45) is 7.04. The summed E-state index contributed by atoms with van der Waals surface area (Å²) in [6, 6.07) is 10.3. The van der Waals surface area contributed by atoms with Crippen LogP contribution >= 0.6 is 0 Å². The van der Waals surface area contributed by atoms with E-state index in [2.05, 4.69) is 15.3 Å². The molecule has 1 N–H and O–H groups in total. The molecule has 1 aromatic carbocycles. The lowest BCUT2D eigenvalue weighted by atomic mass is 10.1. The van der Waals surface area contributed by atoms with Crippen LogP contribution in [0.5, 0.6) is 0 Å². The molecule has 3 aromatic rings. The average Bonchev–Trinajstić information content (AvgIpc) is 3.05. The van der Waals surface area contributed by atoms with Crippen LogP contribution in [0, 0.1) is 0 Å². The molecule has 1 amide bonds. The number of hydrogen-bond acceptors (Lipinski definition) is 4. The second kappa shape index (κ2) is 7.03. The molecule has 2 aromatic heterocycles. The van der Waals surface area contributed by atoms with Gasteiger partial charge in [-0.2, -0.15) is 0 Å². The number of nitrogens with one attached hydrogen (secondary N) is 1. The summed E-state index contributed by atoms with van der Waals surface area (Å²) < 4.78 is 7.21. The van der Waals surface area contributed by atoms with Crippen molar-refractivity contribution in [1.29, 1.82) is 0 Å². The highest BCUT2D eigenvalue weighted by Gasteiger charge is 2.16. The van der Waals surface area contributed by atoms with E-state index in [1.165, 1.54) is 0 Å². The Balaban J connectivity index is 1.50. The summed E-state index contributed by atoms with van der Waals surface area (Å²) in [5, 5.41) is 3.08. The molecule has 0 radical (unpaired) electrons. The molecule has 0 spiro atoms. The number of imidazole rings is 1. The predicted octanol–water partition coefficient (Wildman–Crippen LogP) is 2.39. The van der Waals surface area contributed by atoms with Gasteiger partial charge in [0.05, 0.1) is 17.4 Å². The van der Waals surface area contributed by atoms with Crippen LogP contribution in [0.15, 0.2) is 49.1 Å². The van der Waals surface area contributed by atoms with Gasteiger partial charge in [0.25, 0.3) is 0 Å². The lowest BCUT2D eigenvalue weighted by Crippen LogP contribution is -2.40. The van der Waals surface area contributed by atoms with E-state index in [0.717, 1.165) is 48.2 Å². The fourth-order valence-electron chi connectivity index (χ4n) is 3.18. The van der Waals surface area contributed by atoms with Crippen molar-refractivity contribution in [2.24, 2.45) is 0 Å². The number of nitrogens with zero attached hydrogens (tertiary/aromatic N) is 3. The average molecular weight is 336 g/mol. The number of ether oxygens (including phenoxy) is 1. The van der Waals surface area contributed by atoms with Crippen LogP contribution in [0.3, 0.4) is 0 Å². The number of amides is 1. The summed E-state index contributed by atoms with van der Waals surface area (Å²) in [5.74, 6) is 0.0180. The lowest BCUT2D eigenvalue weighted by Gasteiger charge is -2.23. The largest absolute Gasteiger partial charge is 0.381 e. The number of rotatable bonds is 4. The zero-order chi connectivity index (χ0) is 17.1. The third-order valence-electron chi connectivity index (χ3n) is 4.54.